The Hall–Kier alpha value is -4.16. The highest BCUT2D eigenvalue weighted by Gasteiger charge is 2.45. The number of rotatable bonds is 9. The minimum atomic E-state index is -0.730. The zero-order chi connectivity index (χ0) is 28.5. The van der Waals surface area contributed by atoms with Gasteiger partial charge in [0.1, 0.15) is 29.2 Å². The van der Waals surface area contributed by atoms with Crippen molar-refractivity contribution in [1.29, 1.82) is 0 Å². The summed E-state index contributed by atoms with van der Waals surface area (Å²) in [5.74, 6) is 2.04. The summed E-state index contributed by atoms with van der Waals surface area (Å²) in [6.45, 7) is 6.77. The lowest BCUT2D eigenvalue weighted by atomic mass is 9.77. The lowest BCUT2D eigenvalue weighted by Crippen LogP contribution is -2.38. The number of methoxy groups -OCH3 is 1. The van der Waals surface area contributed by atoms with Gasteiger partial charge in [0.15, 0.2) is 5.82 Å². The van der Waals surface area contributed by atoms with Crippen molar-refractivity contribution in [3.05, 3.63) is 126 Å². The topological polar surface area (TPSA) is 60.7 Å². The lowest BCUT2D eigenvalue weighted by molar-refractivity contribution is -0.0642. The number of anilines is 1. The van der Waals surface area contributed by atoms with Crippen molar-refractivity contribution in [3.8, 4) is 5.75 Å². The Morgan fingerprint density at radius 1 is 0.878 bits per heavy atom. The van der Waals surface area contributed by atoms with Crippen LogP contribution >= 0.6 is 0 Å². The molecule has 1 N–H and O–H groups in total. The van der Waals surface area contributed by atoms with Crippen LogP contribution in [0.15, 0.2) is 103 Å². The lowest BCUT2D eigenvalue weighted by Gasteiger charge is -2.37. The van der Waals surface area contributed by atoms with Gasteiger partial charge in [-0.2, -0.15) is 5.10 Å². The summed E-state index contributed by atoms with van der Waals surface area (Å²) in [5.41, 5.74) is 4.43. The second-order valence-electron chi connectivity index (χ2n) is 11.0. The summed E-state index contributed by atoms with van der Waals surface area (Å²) in [5, 5.41) is 8.63. The Morgan fingerprint density at radius 3 is 2.05 bits per heavy atom. The Morgan fingerprint density at radius 2 is 1.49 bits per heavy atom. The average Bonchev–Trinajstić information content (AvgIpc) is 3.62. The standard InChI is InChI=1S/C35H38N4O2/c1-5-34(6-2)25(3)23-32(41-34)30-21-22-31-33(36-24-37-39(30)31)38-35(26-13-9-7-10-14-26,27-15-11-8-12-16-27)28-17-19-29(40-4)20-18-28/h7-22,24-25,32H,5-6,23H2,1-4H3,(H,36,37,38)/t25-,32+/m0/s1. The molecule has 0 amide bonds. The van der Waals surface area contributed by atoms with Crippen LogP contribution in [0, 0.1) is 5.92 Å². The quantitative estimate of drug-likeness (QED) is 0.191. The molecule has 1 aliphatic heterocycles. The molecule has 5 aromatic rings. The number of aromatic nitrogens is 3. The molecule has 2 aromatic heterocycles. The molecule has 0 radical (unpaired) electrons. The zero-order valence-electron chi connectivity index (χ0n) is 24.2. The SMILES string of the molecule is CCC1(CC)O[C@@H](c2ccc3c(NC(c4ccccc4)(c4ccccc4)c4ccc(OC)cc4)ncnn23)C[C@@H]1C. The summed E-state index contributed by atoms with van der Waals surface area (Å²) >= 11 is 0. The highest BCUT2D eigenvalue weighted by molar-refractivity contribution is 5.72. The van der Waals surface area contributed by atoms with Crippen LogP contribution in [0.2, 0.25) is 0 Å². The monoisotopic (exact) mass is 546 g/mol. The molecule has 3 aromatic carbocycles. The summed E-state index contributed by atoms with van der Waals surface area (Å²) < 4.78 is 14.3. The van der Waals surface area contributed by atoms with Crippen molar-refractivity contribution in [2.45, 2.75) is 57.3 Å². The molecule has 1 saturated heterocycles. The molecule has 210 valence electrons. The highest BCUT2D eigenvalue weighted by Crippen LogP contribution is 2.48. The van der Waals surface area contributed by atoms with Crippen LogP contribution in [-0.4, -0.2) is 27.3 Å². The van der Waals surface area contributed by atoms with Gasteiger partial charge in [-0.1, -0.05) is 93.6 Å². The van der Waals surface area contributed by atoms with E-state index < -0.39 is 5.54 Å². The maximum Gasteiger partial charge on any atom is 0.155 e. The van der Waals surface area contributed by atoms with E-state index in [2.05, 4.69) is 98.9 Å². The fourth-order valence-corrected chi connectivity index (χ4v) is 6.68. The number of hydrogen-bond acceptors (Lipinski definition) is 5. The molecule has 2 atom stereocenters. The van der Waals surface area contributed by atoms with Crippen molar-refractivity contribution < 1.29 is 9.47 Å². The Labute approximate surface area is 242 Å². The van der Waals surface area contributed by atoms with E-state index in [1.165, 1.54) is 0 Å². The van der Waals surface area contributed by atoms with Gasteiger partial charge in [0.2, 0.25) is 0 Å². The maximum absolute atomic E-state index is 6.77. The fourth-order valence-electron chi connectivity index (χ4n) is 6.68. The number of benzene rings is 3. The first-order chi connectivity index (χ1) is 20.0. The molecule has 0 aliphatic carbocycles. The maximum atomic E-state index is 6.77. The molecule has 6 rings (SSSR count). The number of nitrogens with one attached hydrogen (secondary N) is 1. The van der Waals surface area contributed by atoms with Gasteiger partial charge in [-0.15, -0.1) is 0 Å². The molecule has 1 fully saturated rings. The van der Waals surface area contributed by atoms with E-state index in [1.54, 1.807) is 13.4 Å². The van der Waals surface area contributed by atoms with E-state index >= 15 is 0 Å². The minimum Gasteiger partial charge on any atom is -0.497 e. The predicted octanol–water partition coefficient (Wildman–Crippen LogP) is 7.80. The number of nitrogens with zero attached hydrogens (tertiary/aromatic N) is 3. The van der Waals surface area contributed by atoms with Crippen LogP contribution in [0.5, 0.6) is 5.75 Å². The van der Waals surface area contributed by atoms with Crippen molar-refractivity contribution in [2.24, 2.45) is 5.92 Å². The molecule has 0 unspecified atom stereocenters. The number of ether oxygens (including phenoxy) is 2. The van der Waals surface area contributed by atoms with E-state index in [9.17, 15) is 0 Å². The molecule has 6 nitrogen and oxygen atoms in total. The molecular formula is C35H38N4O2. The van der Waals surface area contributed by atoms with Gasteiger partial charge in [-0.05, 0) is 66.1 Å². The summed E-state index contributed by atoms with van der Waals surface area (Å²) in [7, 11) is 1.69. The van der Waals surface area contributed by atoms with E-state index in [0.717, 1.165) is 58.7 Å². The van der Waals surface area contributed by atoms with Crippen molar-refractivity contribution in [2.75, 3.05) is 12.4 Å². The molecule has 0 saturated carbocycles. The van der Waals surface area contributed by atoms with E-state index in [1.807, 2.05) is 28.8 Å². The van der Waals surface area contributed by atoms with Crippen molar-refractivity contribution in [3.63, 3.8) is 0 Å². The Balaban J connectivity index is 1.50. The van der Waals surface area contributed by atoms with Crippen LogP contribution < -0.4 is 10.1 Å². The first kappa shape index (κ1) is 27.0. The second kappa shape index (κ2) is 11.0. The van der Waals surface area contributed by atoms with Crippen molar-refractivity contribution >= 4 is 11.3 Å². The van der Waals surface area contributed by atoms with Gasteiger partial charge in [0, 0.05) is 0 Å². The van der Waals surface area contributed by atoms with Crippen LogP contribution in [0.25, 0.3) is 5.52 Å². The third-order valence-electron chi connectivity index (χ3n) is 9.09. The second-order valence-corrected chi connectivity index (χ2v) is 11.0. The normalized spacial score (nSPS) is 18.4. The molecule has 0 spiro atoms. The van der Waals surface area contributed by atoms with Crippen LogP contribution in [0.3, 0.4) is 0 Å². The summed E-state index contributed by atoms with van der Waals surface area (Å²) in [6, 6.07) is 33.6. The fraction of sp³-hybridized carbons (Fsp3) is 0.314. The van der Waals surface area contributed by atoms with Crippen LogP contribution in [0.4, 0.5) is 5.82 Å². The number of hydrogen-bond donors (Lipinski definition) is 1. The molecule has 6 heteroatoms. The van der Waals surface area contributed by atoms with Gasteiger partial charge in [0.05, 0.1) is 18.4 Å². The minimum absolute atomic E-state index is 0.00950. The van der Waals surface area contributed by atoms with E-state index in [-0.39, 0.29) is 11.7 Å². The number of fused-ring (bicyclic) bond motifs is 1. The molecule has 3 heterocycles. The molecular weight excluding hydrogens is 508 g/mol. The molecule has 1 aliphatic rings. The van der Waals surface area contributed by atoms with Gasteiger partial charge < -0.3 is 14.8 Å². The first-order valence-corrected chi connectivity index (χ1v) is 14.6. The van der Waals surface area contributed by atoms with Gasteiger partial charge in [-0.3, -0.25) is 0 Å². The van der Waals surface area contributed by atoms with Crippen molar-refractivity contribution in [1.82, 2.24) is 14.6 Å². The van der Waals surface area contributed by atoms with Gasteiger partial charge in [0.25, 0.3) is 0 Å². The molecule has 41 heavy (non-hydrogen) atoms. The average molecular weight is 547 g/mol. The Kier molecular flexibility index (Phi) is 7.26. The third-order valence-corrected chi connectivity index (χ3v) is 9.09. The third kappa shape index (κ3) is 4.56. The smallest absolute Gasteiger partial charge is 0.155 e. The Bertz CT molecular complexity index is 1550. The van der Waals surface area contributed by atoms with E-state index in [4.69, 9.17) is 19.6 Å². The summed E-state index contributed by atoms with van der Waals surface area (Å²) in [4.78, 5) is 4.81. The molecule has 0 bridgehead atoms. The van der Waals surface area contributed by atoms with E-state index in [0.29, 0.717) is 5.92 Å². The van der Waals surface area contributed by atoms with Gasteiger partial charge >= 0.3 is 0 Å². The largest absolute Gasteiger partial charge is 0.497 e. The zero-order valence-corrected chi connectivity index (χ0v) is 24.2. The van der Waals surface area contributed by atoms with Crippen LogP contribution in [-0.2, 0) is 10.3 Å². The summed E-state index contributed by atoms with van der Waals surface area (Å²) in [6.07, 6.45) is 4.61. The highest BCUT2D eigenvalue weighted by atomic mass is 16.5. The van der Waals surface area contributed by atoms with Crippen LogP contribution in [0.1, 0.15) is 68.5 Å². The first-order valence-electron chi connectivity index (χ1n) is 14.6. The van der Waals surface area contributed by atoms with Gasteiger partial charge in [-0.25, -0.2) is 9.50 Å². The predicted molar refractivity (Wildman–Crippen MR) is 163 cm³/mol.